The average molecular weight is 677 g/mol. The quantitative estimate of drug-likeness (QED) is 0.176. The largest absolute Gasteiger partial charge is 0.309 e. The van der Waals surface area contributed by atoms with Crippen molar-refractivity contribution in [2.45, 2.75) is 0 Å². The van der Waals surface area contributed by atoms with Crippen LogP contribution in [0.1, 0.15) is 0 Å². The normalized spacial score (nSPS) is 11.4. The summed E-state index contributed by atoms with van der Waals surface area (Å²) in [4.78, 5) is 14.1. The Morgan fingerprint density at radius 2 is 0.906 bits per heavy atom. The fourth-order valence-corrected chi connectivity index (χ4v) is 7.59. The lowest BCUT2D eigenvalue weighted by molar-refractivity contribution is 1.19. The Labute approximate surface area is 307 Å². The molecule has 0 fully saturated rings. The molecule has 0 atom stereocenters. The molecule has 0 aliphatic carbocycles. The summed E-state index contributed by atoms with van der Waals surface area (Å²) in [6, 6.07) is 64.4. The van der Waals surface area contributed by atoms with Gasteiger partial charge >= 0.3 is 0 Å². The number of hydrogen-bond donors (Lipinski definition) is 0. The SMILES string of the molecule is c1ccc(-n2c3ccccc3c3c(-c4ccc(-c5ccc(-c6cc(-c7ccccn7)nc(-c7ccccn7)c6)cc5)cc4)cc4ccccc4c32)cc1. The van der Waals surface area contributed by atoms with Gasteiger partial charge in [0.25, 0.3) is 0 Å². The Kier molecular flexibility index (Phi) is 7.43. The van der Waals surface area contributed by atoms with Crippen LogP contribution < -0.4 is 0 Å². The van der Waals surface area contributed by atoms with Gasteiger partial charge in [0.05, 0.1) is 33.8 Å². The molecule has 0 saturated carbocycles. The van der Waals surface area contributed by atoms with E-state index in [1.165, 1.54) is 49.3 Å². The molecular weight excluding hydrogens is 645 g/mol. The van der Waals surface area contributed by atoms with Crippen molar-refractivity contribution in [3.8, 4) is 61.8 Å². The van der Waals surface area contributed by atoms with Crippen molar-refractivity contribution in [1.29, 1.82) is 0 Å². The van der Waals surface area contributed by atoms with Gasteiger partial charge in [0.1, 0.15) is 0 Å². The summed E-state index contributed by atoms with van der Waals surface area (Å²) in [7, 11) is 0. The molecule has 4 nitrogen and oxygen atoms in total. The van der Waals surface area contributed by atoms with Gasteiger partial charge in [-0.2, -0.15) is 0 Å². The van der Waals surface area contributed by atoms with E-state index in [1.54, 1.807) is 12.4 Å². The molecule has 0 aliphatic rings. The van der Waals surface area contributed by atoms with Gasteiger partial charge in [-0.1, -0.05) is 121 Å². The van der Waals surface area contributed by atoms with Crippen LogP contribution in [-0.2, 0) is 0 Å². The molecule has 248 valence electrons. The topological polar surface area (TPSA) is 43.6 Å². The van der Waals surface area contributed by atoms with E-state index in [2.05, 4.69) is 160 Å². The maximum Gasteiger partial charge on any atom is 0.0900 e. The third kappa shape index (κ3) is 5.45. The van der Waals surface area contributed by atoms with E-state index >= 15 is 0 Å². The fourth-order valence-electron chi connectivity index (χ4n) is 7.59. The third-order valence-electron chi connectivity index (χ3n) is 10.1. The highest BCUT2D eigenvalue weighted by molar-refractivity contribution is 6.24. The first-order valence-corrected chi connectivity index (χ1v) is 17.8. The minimum Gasteiger partial charge on any atom is -0.309 e. The number of benzene rings is 6. The minimum absolute atomic E-state index is 0.818. The second kappa shape index (κ2) is 12.9. The van der Waals surface area contributed by atoms with Crippen LogP contribution in [0.2, 0.25) is 0 Å². The molecule has 53 heavy (non-hydrogen) atoms. The summed E-state index contributed by atoms with van der Waals surface area (Å²) in [5.41, 5.74) is 13.8. The van der Waals surface area contributed by atoms with Gasteiger partial charge in [-0.15, -0.1) is 0 Å². The first-order chi connectivity index (χ1) is 26.3. The van der Waals surface area contributed by atoms with E-state index in [4.69, 9.17) is 4.98 Å². The number of fused-ring (bicyclic) bond motifs is 5. The molecule has 6 aromatic carbocycles. The first kappa shape index (κ1) is 30.6. The van der Waals surface area contributed by atoms with Crippen LogP contribution in [0.25, 0.3) is 94.4 Å². The summed E-state index contributed by atoms with van der Waals surface area (Å²) in [5, 5.41) is 4.99. The highest BCUT2D eigenvalue weighted by atomic mass is 15.0. The number of rotatable bonds is 6. The molecule has 0 N–H and O–H groups in total. The van der Waals surface area contributed by atoms with Gasteiger partial charge in [-0.3, -0.25) is 9.97 Å². The van der Waals surface area contributed by atoms with Crippen LogP contribution >= 0.6 is 0 Å². The highest BCUT2D eigenvalue weighted by Gasteiger charge is 2.19. The van der Waals surface area contributed by atoms with Gasteiger partial charge < -0.3 is 4.57 Å². The van der Waals surface area contributed by atoms with Crippen LogP contribution in [0.15, 0.2) is 194 Å². The molecule has 0 amide bonds. The van der Waals surface area contributed by atoms with Crippen LogP contribution in [0.3, 0.4) is 0 Å². The second-order valence-electron chi connectivity index (χ2n) is 13.3. The molecule has 4 heteroatoms. The van der Waals surface area contributed by atoms with Crippen LogP contribution in [0.5, 0.6) is 0 Å². The van der Waals surface area contributed by atoms with Crippen molar-refractivity contribution >= 4 is 32.6 Å². The van der Waals surface area contributed by atoms with Crippen LogP contribution in [0, 0.1) is 0 Å². The van der Waals surface area contributed by atoms with Gasteiger partial charge in [0.15, 0.2) is 0 Å². The van der Waals surface area contributed by atoms with E-state index in [9.17, 15) is 0 Å². The van der Waals surface area contributed by atoms with Crippen LogP contribution in [-0.4, -0.2) is 19.5 Å². The van der Waals surface area contributed by atoms with Crippen molar-refractivity contribution in [3.05, 3.63) is 194 Å². The lowest BCUT2D eigenvalue weighted by Gasteiger charge is -2.13. The molecule has 4 heterocycles. The molecular formula is C49H32N4. The number of nitrogens with zero attached hydrogens (tertiary/aromatic N) is 4. The first-order valence-electron chi connectivity index (χ1n) is 17.8. The molecule has 0 radical (unpaired) electrons. The number of para-hydroxylation sites is 2. The Hall–Kier alpha value is -7.17. The van der Waals surface area contributed by atoms with Crippen LogP contribution in [0.4, 0.5) is 0 Å². The van der Waals surface area contributed by atoms with Gasteiger partial charge in [-0.05, 0) is 99.4 Å². The highest BCUT2D eigenvalue weighted by Crippen LogP contribution is 2.43. The molecule has 4 aromatic heterocycles. The van der Waals surface area contributed by atoms with Crippen molar-refractivity contribution in [3.63, 3.8) is 0 Å². The van der Waals surface area contributed by atoms with Crippen molar-refractivity contribution in [2.75, 3.05) is 0 Å². The number of pyridine rings is 3. The zero-order valence-electron chi connectivity index (χ0n) is 28.8. The van der Waals surface area contributed by atoms with E-state index in [-0.39, 0.29) is 0 Å². The standard InChI is InChI=1S/C49H32N4/c1-2-13-39(14-3-1)53-47-19-7-6-16-41(47)48-42(30-37-12-4-5-15-40(37)49(48)53)36-26-24-34(25-27-36)33-20-22-35(23-21-33)38-31-45(43-17-8-10-28-50-43)52-46(32-38)44-18-9-11-29-51-44/h1-32H. The van der Waals surface area contributed by atoms with Gasteiger partial charge in [-0.25, -0.2) is 4.98 Å². The van der Waals surface area contributed by atoms with Gasteiger partial charge in [0.2, 0.25) is 0 Å². The minimum atomic E-state index is 0.818. The molecule has 0 bridgehead atoms. The summed E-state index contributed by atoms with van der Waals surface area (Å²) < 4.78 is 2.42. The van der Waals surface area contributed by atoms with Crippen molar-refractivity contribution < 1.29 is 0 Å². The molecule has 10 aromatic rings. The van der Waals surface area contributed by atoms with E-state index in [1.807, 2.05) is 36.4 Å². The molecule has 0 unspecified atom stereocenters. The summed E-state index contributed by atoms with van der Waals surface area (Å²) in [6.45, 7) is 0. The lowest BCUT2D eigenvalue weighted by Crippen LogP contribution is -1.94. The second-order valence-corrected chi connectivity index (χ2v) is 13.3. The molecule has 0 spiro atoms. The Morgan fingerprint density at radius 3 is 1.53 bits per heavy atom. The zero-order valence-corrected chi connectivity index (χ0v) is 28.8. The van der Waals surface area contributed by atoms with E-state index < -0.39 is 0 Å². The maximum atomic E-state index is 4.94. The molecule has 0 saturated heterocycles. The monoisotopic (exact) mass is 676 g/mol. The summed E-state index contributed by atoms with van der Waals surface area (Å²) in [5.74, 6) is 0. The molecule has 10 rings (SSSR count). The van der Waals surface area contributed by atoms with E-state index in [0.29, 0.717) is 0 Å². The van der Waals surface area contributed by atoms with Gasteiger partial charge in [0, 0.05) is 34.2 Å². The third-order valence-corrected chi connectivity index (χ3v) is 10.1. The fraction of sp³-hybridized carbons (Fsp3) is 0. The predicted molar refractivity (Wildman–Crippen MR) is 219 cm³/mol. The summed E-state index contributed by atoms with van der Waals surface area (Å²) in [6.07, 6.45) is 3.60. The van der Waals surface area contributed by atoms with Crippen molar-refractivity contribution in [1.82, 2.24) is 19.5 Å². The Morgan fingerprint density at radius 1 is 0.377 bits per heavy atom. The average Bonchev–Trinajstić information content (AvgIpc) is 3.60. The Balaban J connectivity index is 1.05. The Bertz CT molecular complexity index is 2840. The lowest BCUT2D eigenvalue weighted by atomic mass is 9.93. The smallest absolute Gasteiger partial charge is 0.0900 e. The molecule has 0 aliphatic heterocycles. The predicted octanol–water partition coefficient (Wildman–Crippen LogP) is 12.5. The van der Waals surface area contributed by atoms with E-state index in [0.717, 1.165) is 45.2 Å². The maximum absolute atomic E-state index is 4.94. The summed E-state index contributed by atoms with van der Waals surface area (Å²) >= 11 is 0. The number of aromatic nitrogens is 4. The zero-order chi connectivity index (χ0) is 35.1. The van der Waals surface area contributed by atoms with Crippen molar-refractivity contribution in [2.24, 2.45) is 0 Å². The number of hydrogen-bond acceptors (Lipinski definition) is 3.